The highest BCUT2D eigenvalue weighted by Gasteiger charge is 2.39. The summed E-state index contributed by atoms with van der Waals surface area (Å²) in [4.78, 5) is 10.7. The molecular formula is C11H11ClF3NO. The molecule has 0 aliphatic rings. The van der Waals surface area contributed by atoms with Crippen molar-refractivity contribution in [1.82, 2.24) is 5.32 Å². The van der Waals surface area contributed by atoms with Gasteiger partial charge in [0, 0.05) is 11.1 Å². The van der Waals surface area contributed by atoms with E-state index >= 15 is 0 Å². The van der Waals surface area contributed by atoms with Crippen LogP contribution < -0.4 is 5.32 Å². The average Bonchev–Trinajstić information content (AvgIpc) is 2.20. The Hall–Kier alpha value is -1.23. The van der Waals surface area contributed by atoms with E-state index in [0.717, 1.165) is 5.56 Å². The molecule has 0 radical (unpaired) electrons. The number of carbonyl (C=O) groups excluding carboxylic acids is 1. The molecule has 0 spiro atoms. The Morgan fingerprint density at radius 3 is 2.35 bits per heavy atom. The van der Waals surface area contributed by atoms with Crippen LogP contribution in [-0.2, 0) is 11.2 Å². The van der Waals surface area contributed by atoms with Crippen molar-refractivity contribution in [2.75, 3.05) is 0 Å². The molecule has 0 saturated carbocycles. The molecule has 94 valence electrons. The minimum atomic E-state index is -4.84. The molecule has 1 amide bonds. The molecule has 6 heteroatoms. The first kappa shape index (κ1) is 13.8. The third-order valence-corrected chi connectivity index (χ3v) is 2.34. The summed E-state index contributed by atoms with van der Waals surface area (Å²) in [5.41, 5.74) is 0.810. The summed E-state index contributed by atoms with van der Waals surface area (Å²) in [7, 11) is 0. The van der Waals surface area contributed by atoms with E-state index in [4.69, 9.17) is 11.6 Å². The minimum absolute atomic E-state index is 0.318. The SMILES string of the molecule is C[C@H](Cc1ccc(Cl)cc1)NC(=O)C(F)(F)F. The molecule has 1 atom stereocenters. The number of amides is 1. The van der Waals surface area contributed by atoms with Gasteiger partial charge in [0.25, 0.3) is 0 Å². The maximum atomic E-state index is 12.0. The summed E-state index contributed by atoms with van der Waals surface area (Å²) in [5.74, 6) is -1.92. The molecule has 0 bridgehead atoms. The smallest absolute Gasteiger partial charge is 0.345 e. The molecule has 0 saturated heterocycles. The third kappa shape index (κ3) is 4.65. The molecule has 17 heavy (non-hydrogen) atoms. The summed E-state index contributed by atoms with van der Waals surface area (Å²) < 4.78 is 35.9. The number of hydrogen-bond donors (Lipinski definition) is 1. The second-order valence-corrected chi connectivity index (χ2v) is 4.14. The molecule has 0 aliphatic heterocycles. The Kier molecular flexibility index (Phi) is 4.40. The first-order valence-corrected chi connectivity index (χ1v) is 5.29. The normalized spacial score (nSPS) is 13.2. The van der Waals surface area contributed by atoms with Crippen molar-refractivity contribution in [3.05, 3.63) is 34.9 Å². The highest BCUT2D eigenvalue weighted by Crippen LogP contribution is 2.15. The van der Waals surface area contributed by atoms with Crippen molar-refractivity contribution >= 4 is 17.5 Å². The lowest BCUT2D eigenvalue weighted by atomic mass is 10.1. The van der Waals surface area contributed by atoms with Gasteiger partial charge < -0.3 is 5.32 Å². The van der Waals surface area contributed by atoms with E-state index in [1.807, 2.05) is 5.32 Å². The van der Waals surface area contributed by atoms with Gasteiger partial charge in [0.05, 0.1) is 0 Å². The van der Waals surface area contributed by atoms with E-state index in [9.17, 15) is 18.0 Å². The fraction of sp³-hybridized carbons (Fsp3) is 0.364. The van der Waals surface area contributed by atoms with Crippen LogP contribution in [0, 0.1) is 0 Å². The Labute approximate surface area is 102 Å². The van der Waals surface area contributed by atoms with Crippen LogP contribution in [0.5, 0.6) is 0 Å². The molecule has 0 fully saturated rings. The molecule has 0 unspecified atom stereocenters. The monoisotopic (exact) mass is 265 g/mol. The highest BCUT2D eigenvalue weighted by molar-refractivity contribution is 6.30. The van der Waals surface area contributed by atoms with E-state index in [-0.39, 0.29) is 0 Å². The van der Waals surface area contributed by atoms with E-state index in [1.54, 1.807) is 24.3 Å². The molecular weight excluding hydrogens is 255 g/mol. The van der Waals surface area contributed by atoms with Gasteiger partial charge in [-0.2, -0.15) is 13.2 Å². The first-order chi connectivity index (χ1) is 7.79. The summed E-state index contributed by atoms with van der Waals surface area (Å²) in [6, 6.07) is 6.12. The topological polar surface area (TPSA) is 29.1 Å². The Morgan fingerprint density at radius 1 is 1.35 bits per heavy atom. The van der Waals surface area contributed by atoms with Crippen LogP contribution in [-0.4, -0.2) is 18.1 Å². The maximum absolute atomic E-state index is 12.0. The number of rotatable bonds is 3. The van der Waals surface area contributed by atoms with Gasteiger partial charge in [-0.1, -0.05) is 23.7 Å². The second kappa shape index (κ2) is 5.40. The predicted octanol–water partition coefficient (Wildman–Crippen LogP) is 2.95. The van der Waals surface area contributed by atoms with E-state index in [0.29, 0.717) is 11.4 Å². The number of carbonyl (C=O) groups is 1. The van der Waals surface area contributed by atoms with Gasteiger partial charge in [0.1, 0.15) is 0 Å². The summed E-state index contributed by atoms with van der Waals surface area (Å²) in [6.45, 7) is 1.51. The van der Waals surface area contributed by atoms with Gasteiger partial charge >= 0.3 is 12.1 Å². The molecule has 0 aromatic heterocycles. The predicted molar refractivity (Wildman–Crippen MR) is 58.8 cm³/mol. The average molecular weight is 266 g/mol. The van der Waals surface area contributed by atoms with Gasteiger partial charge in [-0.05, 0) is 31.0 Å². The van der Waals surface area contributed by atoms with Crippen LogP contribution in [0.2, 0.25) is 5.02 Å². The fourth-order valence-corrected chi connectivity index (χ4v) is 1.46. The summed E-state index contributed by atoms with van der Waals surface area (Å²) in [6.07, 6.45) is -4.52. The standard InChI is InChI=1S/C11H11ClF3NO/c1-7(16-10(17)11(13,14)15)6-8-2-4-9(12)5-3-8/h2-5,7H,6H2,1H3,(H,16,17)/t7-/m1/s1. The Balaban J connectivity index is 2.53. The van der Waals surface area contributed by atoms with Crippen molar-refractivity contribution in [1.29, 1.82) is 0 Å². The number of alkyl halides is 3. The molecule has 1 aromatic rings. The molecule has 0 heterocycles. The van der Waals surface area contributed by atoms with Crippen LogP contribution in [0.15, 0.2) is 24.3 Å². The summed E-state index contributed by atoms with van der Waals surface area (Å²) >= 11 is 5.67. The zero-order chi connectivity index (χ0) is 13.1. The van der Waals surface area contributed by atoms with Crippen LogP contribution in [0.1, 0.15) is 12.5 Å². The van der Waals surface area contributed by atoms with Crippen LogP contribution in [0.3, 0.4) is 0 Å². The van der Waals surface area contributed by atoms with Crippen LogP contribution in [0.25, 0.3) is 0 Å². The van der Waals surface area contributed by atoms with Crippen LogP contribution >= 0.6 is 11.6 Å². The lowest BCUT2D eigenvalue weighted by Crippen LogP contribution is -2.42. The lowest BCUT2D eigenvalue weighted by molar-refractivity contribution is -0.174. The second-order valence-electron chi connectivity index (χ2n) is 3.70. The fourth-order valence-electron chi connectivity index (χ4n) is 1.33. The molecule has 0 aliphatic carbocycles. The number of halogens is 4. The summed E-state index contributed by atoms with van der Waals surface area (Å²) in [5, 5.41) is 2.44. The molecule has 1 rings (SSSR count). The van der Waals surface area contributed by atoms with Crippen molar-refractivity contribution < 1.29 is 18.0 Å². The number of benzene rings is 1. The molecule has 2 nitrogen and oxygen atoms in total. The zero-order valence-corrected chi connectivity index (χ0v) is 9.77. The van der Waals surface area contributed by atoms with Gasteiger partial charge in [-0.15, -0.1) is 0 Å². The van der Waals surface area contributed by atoms with E-state index < -0.39 is 18.1 Å². The van der Waals surface area contributed by atoms with Gasteiger partial charge in [0.2, 0.25) is 0 Å². The van der Waals surface area contributed by atoms with Crippen LogP contribution in [0.4, 0.5) is 13.2 Å². The van der Waals surface area contributed by atoms with Crippen molar-refractivity contribution in [3.8, 4) is 0 Å². The van der Waals surface area contributed by atoms with E-state index in [1.165, 1.54) is 6.92 Å². The Morgan fingerprint density at radius 2 is 1.88 bits per heavy atom. The number of hydrogen-bond acceptors (Lipinski definition) is 1. The molecule has 1 N–H and O–H groups in total. The highest BCUT2D eigenvalue weighted by atomic mass is 35.5. The number of nitrogens with one attached hydrogen (secondary N) is 1. The third-order valence-electron chi connectivity index (χ3n) is 2.09. The van der Waals surface area contributed by atoms with E-state index in [2.05, 4.69) is 0 Å². The minimum Gasteiger partial charge on any atom is -0.345 e. The van der Waals surface area contributed by atoms with Crippen molar-refractivity contribution in [3.63, 3.8) is 0 Å². The van der Waals surface area contributed by atoms with Gasteiger partial charge in [-0.25, -0.2) is 0 Å². The van der Waals surface area contributed by atoms with Gasteiger partial charge in [0.15, 0.2) is 0 Å². The molecule has 1 aromatic carbocycles. The van der Waals surface area contributed by atoms with Gasteiger partial charge in [-0.3, -0.25) is 4.79 Å². The Bertz CT molecular complexity index is 389. The first-order valence-electron chi connectivity index (χ1n) is 4.91. The largest absolute Gasteiger partial charge is 0.471 e. The zero-order valence-electron chi connectivity index (χ0n) is 9.01. The quantitative estimate of drug-likeness (QED) is 0.894. The van der Waals surface area contributed by atoms with Crippen molar-refractivity contribution in [2.45, 2.75) is 25.6 Å². The lowest BCUT2D eigenvalue weighted by Gasteiger charge is -2.15. The maximum Gasteiger partial charge on any atom is 0.471 e. The van der Waals surface area contributed by atoms with Crippen molar-refractivity contribution in [2.24, 2.45) is 0 Å².